The molecule has 0 aliphatic rings. The molecule has 0 aliphatic heterocycles. The molecule has 0 spiro atoms. The van der Waals surface area contributed by atoms with Crippen LogP contribution < -0.4 is 0 Å². The second kappa shape index (κ2) is 9.44. The summed E-state index contributed by atoms with van der Waals surface area (Å²) >= 11 is 0. The van der Waals surface area contributed by atoms with Gasteiger partial charge in [-0.25, -0.2) is 0 Å². The molecule has 0 amide bonds. The van der Waals surface area contributed by atoms with Crippen molar-refractivity contribution >= 4 is 6.08 Å². The molecular formula is C23H31N. The van der Waals surface area contributed by atoms with Gasteiger partial charge in [-0.1, -0.05) is 99.0 Å². The first-order valence-electron chi connectivity index (χ1n) is 9.13. The van der Waals surface area contributed by atoms with E-state index < -0.39 is 0 Å². The molecule has 2 rings (SSSR count). The number of unbranched alkanes of at least 4 members (excludes halogenated alkanes) is 2. The lowest BCUT2D eigenvalue weighted by molar-refractivity contribution is 0.137. The standard InChI is InChI=1S/C23H31N/c1-4-5-12-19-23(24(2)3,22-17-10-7-11-18-22)20-13-16-21-14-8-6-9-15-21/h6-11,13-18H,4-5,12,19-20H2,1-3H3. The molecule has 1 atom stereocenters. The Morgan fingerprint density at radius 2 is 1.50 bits per heavy atom. The summed E-state index contributed by atoms with van der Waals surface area (Å²) in [6, 6.07) is 21.6. The van der Waals surface area contributed by atoms with Crippen LogP contribution in [0.25, 0.3) is 6.08 Å². The third-order valence-electron chi connectivity index (χ3n) is 4.93. The Morgan fingerprint density at radius 3 is 2.08 bits per heavy atom. The Hall–Kier alpha value is -1.86. The highest BCUT2D eigenvalue weighted by Gasteiger charge is 2.32. The lowest BCUT2D eigenvalue weighted by atomic mass is 9.80. The Balaban J connectivity index is 2.25. The van der Waals surface area contributed by atoms with E-state index >= 15 is 0 Å². The van der Waals surface area contributed by atoms with Crippen molar-refractivity contribution in [1.29, 1.82) is 0 Å². The topological polar surface area (TPSA) is 3.24 Å². The van der Waals surface area contributed by atoms with Gasteiger partial charge in [0.15, 0.2) is 0 Å². The van der Waals surface area contributed by atoms with Crippen LogP contribution in [0.2, 0.25) is 0 Å². The van der Waals surface area contributed by atoms with Crippen molar-refractivity contribution in [2.75, 3.05) is 14.1 Å². The third kappa shape index (κ3) is 4.82. The zero-order chi connectivity index (χ0) is 17.3. The zero-order valence-corrected chi connectivity index (χ0v) is 15.4. The maximum absolute atomic E-state index is 2.41. The maximum Gasteiger partial charge on any atom is 0.0489 e. The summed E-state index contributed by atoms with van der Waals surface area (Å²) in [5.74, 6) is 0. The summed E-state index contributed by atoms with van der Waals surface area (Å²) in [5, 5.41) is 0. The highest BCUT2D eigenvalue weighted by molar-refractivity contribution is 5.49. The molecule has 0 fully saturated rings. The van der Waals surface area contributed by atoms with Crippen molar-refractivity contribution in [3.8, 4) is 0 Å². The highest BCUT2D eigenvalue weighted by atomic mass is 15.1. The van der Waals surface area contributed by atoms with Crippen LogP contribution in [0.15, 0.2) is 66.7 Å². The number of hydrogen-bond donors (Lipinski definition) is 0. The Labute approximate surface area is 148 Å². The van der Waals surface area contributed by atoms with E-state index in [2.05, 4.69) is 98.7 Å². The van der Waals surface area contributed by atoms with Gasteiger partial charge in [-0.2, -0.15) is 0 Å². The number of nitrogens with zero attached hydrogens (tertiary/aromatic N) is 1. The minimum atomic E-state index is 0.0711. The van der Waals surface area contributed by atoms with Gasteiger partial charge in [-0.05, 0) is 38.1 Å². The number of benzene rings is 2. The van der Waals surface area contributed by atoms with Crippen molar-refractivity contribution in [2.24, 2.45) is 0 Å². The summed E-state index contributed by atoms with van der Waals surface area (Å²) in [4.78, 5) is 2.41. The van der Waals surface area contributed by atoms with E-state index in [0.717, 1.165) is 6.42 Å². The Bertz CT molecular complexity index is 600. The van der Waals surface area contributed by atoms with E-state index in [-0.39, 0.29) is 5.54 Å². The molecule has 0 saturated carbocycles. The quantitative estimate of drug-likeness (QED) is 0.502. The molecular weight excluding hydrogens is 290 g/mol. The molecule has 24 heavy (non-hydrogen) atoms. The van der Waals surface area contributed by atoms with Crippen LogP contribution in [0.4, 0.5) is 0 Å². The average molecular weight is 322 g/mol. The van der Waals surface area contributed by atoms with Gasteiger partial charge < -0.3 is 0 Å². The second-order valence-corrected chi connectivity index (χ2v) is 6.77. The van der Waals surface area contributed by atoms with Gasteiger partial charge in [0.2, 0.25) is 0 Å². The molecule has 1 nitrogen and oxygen atoms in total. The molecule has 0 saturated heterocycles. The minimum Gasteiger partial charge on any atom is -0.299 e. The van der Waals surface area contributed by atoms with Crippen LogP contribution in [0, 0.1) is 0 Å². The fourth-order valence-electron chi connectivity index (χ4n) is 3.40. The van der Waals surface area contributed by atoms with Crippen molar-refractivity contribution in [3.05, 3.63) is 77.9 Å². The third-order valence-corrected chi connectivity index (χ3v) is 4.93. The fraction of sp³-hybridized carbons (Fsp3) is 0.391. The summed E-state index contributed by atoms with van der Waals surface area (Å²) in [7, 11) is 4.44. The lowest BCUT2D eigenvalue weighted by Gasteiger charge is -2.40. The van der Waals surface area contributed by atoms with Gasteiger partial charge in [0, 0.05) is 5.54 Å². The van der Waals surface area contributed by atoms with Gasteiger partial charge in [-0.3, -0.25) is 4.90 Å². The van der Waals surface area contributed by atoms with Gasteiger partial charge in [-0.15, -0.1) is 0 Å². The summed E-state index contributed by atoms with van der Waals surface area (Å²) in [6.07, 6.45) is 10.6. The summed E-state index contributed by atoms with van der Waals surface area (Å²) in [5.41, 5.74) is 2.76. The van der Waals surface area contributed by atoms with E-state index in [1.54, 1.807) is 0 Å². The van der Waals surface area contributed by atoms with Crippen LogP contribution in [0.5, 0.6) is 0 Å². The normalized spacial score (nSPS) is 14.2. The summed E-state index contributed by atoms with van der Waals surface area (Å²) in [6.45, 7) is 2.27. The minimum absolute atomic E-state index is 0.0711. The molecule has 0 bridgehead atoms. The van der Waals surface area contributed by atoms with E-state index in [9.17, 15) is 0 Å². The van der Waals surface area contributed by atoms with E-state index in [1.807, 2.05) is 0 Å². The van der Waals surface area contributed by atoms with Crippen LogP contribution in [0.1, 0.15) is 50.2 Å². The van der Waals surface area contributed by atoms with E-state index in [1.165, 1.54) is 36.8 Å². The highest BCUT2D eigenvalue weighted by Crippen LogP contribution is 2.36. The molecule has 2 aromatic carbocycles. The first-order valence-corrected chi connectivity index (χ1v) is 9.13. The SMILES string of the molecule is CCCCCC(CC=Cc1ccccc1)(c1ccccc1)N(C)C. The lowest BCUT2D eigenvalue weighted by Crippen LogP contribution is -2.41. The largest absolute Gasteiger partial charge is 0.299 e. The predicted octanol–water partition coefficient (Wildman–Crippen LogP) is 6.13. The molecule has 0 aliphatic carbocycles. The molecule has 1 unspecified atom stereocenters. The number of rotatable bonds is 9. The number of hydrogen-bond acceptors (Lipinski definition) is 1. The van der Waals surface area contributed by atoms with Crippen molar-refractivity contribution in [2.45, 2.75) is 44.6 Å². The molecule has 2 aromatic rings. The van der Waals surface area contributed by atoms with Crippen molar-refractivity contribution < 1.29 is 0 Å². The van der Waals surface area contributed by atoms with Crippen LogP contribution in [-0.4, -0.2) is 19.0 Å². The predicted molar refractivity (Wildman–Crippen MR) is 106 cm³/mol. The molecule has 0 N–H and O–H groups in total. The molecule has 1 heteroatoms. The van der Waals surface area contributed by atoms with Crippen LogP contribution >= 0.6 is 0 Å². The van der Waals surface area contributed by atoms with Crippen molar-refractivity contribution in [3.63, 3.8) is 0 Å². The van der Waals surface area contributed by atoms with Gasteiger partial charge in [0.1, 0.15) is 0 Å². The first kappa shape index (κ1) is 18.5. The molecule has 0 heterocycles. The van der Waals surface area contributed by atoms with Gasteiger partial charge in [0.05, 0.1) is 0 Å². The molecule has 0 aromatic heterocycles. The molecule has 128 valence electrons. The summed E-state index contributed by atoms with van der Waals surface area (Å²) < 4.78 is 0. The first-order chi connectivity index (χ1) is 11.7. The Morgan fingerprint density at radius 1 is 0.875 bits per heavy atom. The Kier molecular flexibility index (Phi) is 7.27. The second-order valence-electron chi connectivity index (χ2n) is 6.77. The van der Waals surface area contributed by atoms with Gasteiger partial charge >= 0.3 is 0 Å². The van der Waals surface area contributed by atoms with Crippen LogP contribution in [-0.2, 0) is 5.54 Å². The van der Waals surface area contributed by atoms with Crippen molar-refractivity contribution in [1.82, 2.24) is 4.90 Å². The average Bonchev–Trinajstić information content (AvgIpc) is 2.62. The van der Waals surface area contributed by atoms with Gasteiger partial charge in [0.25, 0.3) is 0 Å². The fourth-order valence-corrected chi connectivity index (χ4v) is 3.40. The zero-order valence-electron chi connectivity index (χ0n) is 15.4. The van der Waals surface area contributed by atoms with E-state index in [4.69, 9.17) is 0 Å². The molecule has 0 radical (unpaired) electrons. The smallest absolute Gasteiger partial charge is 0.0489 e. The maximum atomic E-state index is 2.41. The monoisotopic (exact) mass is 321 g/mol. The van der Waals surface area contributed by atoms with Crippen LogP contribution in [0.3, 0.4) is 0 Å². The van der Waals surface area contributed by atoms with E-state index in [0.29, 0.717) is 0 Å².